The van der Waals surface area contributed by atoms with Crippen molar-refractivity contribution in [3.63, 3.8) is 0 Å². The molecule has 22 heavy (non-hydrogen) atoms. The predicted molar refractivity (Wildman–Crippen MR) is 85.0 cm³/mol. The standard InChI is InChI=1S/C16H17N5O/c1-10-6-11(2)21(20-10)15-7-13(22-3)4-5-14(15)12-8-18-16(17)19-9-12/h4-9H,1-3H3,(H2,17,18,19). The molecule has 0 aliphatic heterocycles. The zero-order valence-corrected chi connectivity index (χ0v) is 12.7. The molecule has 3 aromatic rings. The Morgan fingerprint density at radius 2 is 1.82 bits per heavy atom. The number of rotatable bonds is 3. The van der Waals surface area contributed by atoms with Crippen LogP contribution in [0.15, 0.2) is 36.7 Å². The first-order valence-corrected chi connectivity index (χ1v) is 6.88. The van der Waals surface area contributed by atoms with E-state index in [2.05, 4.69) is 15.1 Å². The molecule has 0 amide bonds. The van der Waals surface area contributed by atoms with E-state index in [-0.39, 0.29) is 5.95 Å². The number of ether oxygens (including phenoxy) is 1. The highest BCUT2D eigenvalue weighted by atomic mass is 16.5. The monoisotopic (exact) mass is 295 g/mol. The molecular weight excluding hydrogens is 278 g/mol. The fourth-order valence-corrected chi connectivity index (χ4v) is 2.41. The maximum atomic E-state index is 5.57. The van der Waals surface area contributed by atoms with Crippen molar-refractivity contribution in [2.24, 2.45) is 0 Å². The van der Waals surface area contributed by atoms with E-state index < -0.39 is 0 Å². The van der Waals surface area contributed by atoms with Gasteiger partial charge in [-0.2, -0.15) is 5.10 Å². The van der Waals surface area contributed by atoms with Gasteiger partial charge in [0.1, 0.15) is 5.75 Å². The maximum absolute atomic E-state index is 5.57. The van der Waals surface area contributed by atoms with Gasteiger partial charge in [-0.25, -0.2) is 14.6 Å². The predicted octanol–water partition coefficient (Wildman–Crippen LogP) is 2.54. The van der Waals surface area contributed by atoms with Crippen molar-refractivity contribution >= 4 is 5.95 Å². The molecule has 2 aromatic heterocycles. The van der Waals surface area contributed by atoms with Crippen molar-refractivity contribution < 1.29 is 4.74 Å². The molecule has 0 bridgehead atoms. The zero-order chi connectivity index (χ0) is 15.7. The van der Waals surface area contributed by atoms with Crippen LogP contribution in [0.4, 0.5) is 5.95 Å². The summed E-state index contributed by atoms with van der Waals surface area (Å²) < 4.78 is 7.23. The molecule has 0 fully saturated rings. The summed E-state index contributed by atoms with van der Waals surface area (Å²) in [7, 11) is 1.65. The van der Waals surface area contributed by atoms with Crippen LogP contribution in [0.3, 0.4) is 0 Å². The molecular formula is C16H17N5O. The average molecular weight is 295 g/mol. The molecule has 0 atom stereocenters. The second kappa shape index (κ2) is 5.48. The molecule has 112 valence electrons. The fraction of sp³-hybridized carbons (Fsp3) is 0.188. The Morgan fingerprint density at radius 3 is 2.41 bits per heavy atom. The maximum Gasteiger partial charge on any atom is 0.219 e. The lowest BCUT2D eigenvalue weighted by atomic mass is 10.1. The Labute approximate surface area is 128 Å². The number of nitrogens with two attached hydrogens (primary N) is 1. The number of aromatic nitrogens is 4. The molecule has 0 spiro atoms. The van der Waals surface area contributed by atoms with Crippen molar-refractivity contribution in [3.8, 4) is 22.6 Å². The van der Waals surface area contributed by atoms with E-state index in [1.165, 1.54) is 0 Å². The summed E-state index contributed by atoms with van der Waals surface area (Å²) in [5.41, 5.74) is 10.3. The Kier molecular flexibility index (Phi) is 3.50. The number of aryl methyl sites for hydroxylation is 2. The van der Waals surface area contributed by atoms with Gasteiger partial charge in [0.25, 0.3) is 0 Å². The summed E-state index contributed by atoms with van der Waals surface area (Å²) in [6, 6.07) is 7.86. The van der Waals surface area contributed by atoms with Crippen LogP contribution in [0.25, 0.3) is 16.8 Å². The van der Waals surface area contributed by atoms with Crippen LogP contribution in [-0.4, -0.2) is 26.9 Å². The number of nitrogens with zero attached hydrogens (tertiary/aromatic N) is 4. The number of nitrogen functional groups attached to an aromatic ring is 1. The summed E-state index contributed by atoms with van der Waals surface area (Å²) in [5, 5.41) is 4.56. The summed E-state index contributed by atoms with van der Waals surface area (Å²) in [5.74, 6) is 1.02. The van der Waals surface area contributed by atoms with Gasteiger partial charge in [-0.1, -0.05) is 0 Å². The van der Waals surface area contributed by atoms with E-state index in [4.69, 9.17) is 10.5 Å². The second-order valence-corrected chi connectivity index (χ2v) is 5.05. The first kappa shape index (κ1) is 14.1. The molecule has 0 aliphatic carbocycles. The van der Waals surface area contributed by atoms with Crippen LogP contribution in [0.1, 0.15) is 11.4 Å². The van der Waals surface area contributed by atoms with Crippen LogP contribution in [-0.2, 0) is 0 Å². The van der Waals surface area contributed by atoms with Gasteiger partial charge in [0, 0.05) is 35.3 Å². The summed E-state index contributed by atoms with van der Waals surface area (Å²) in [4.78, 5) is 8.13. The summed E-state index contributed by atoms with van der Waals surface area (Å²) in [6.07, 6.45) is 3.42. The number of methoxy groups -OCH3 is 1. The number of hydrogen-bond donors (Lipinski definition) is 1. The van der Waals surface area contributed by atoms with E-state index in [0.29, 0.717) is 0 Å². The van der Waals surface area contributed by atoms with Crippen LogP contribution >= 0.6 is 0 Å². The Hall–Kier alpha value is -2.89. The lowest BCUT2D eigenvalue weighted by Crippen LogP contribution is -2.03. The molecule has 6 heteroatoms. The number of hydrogen-bond acceptors (Lipinski definition) is 5. The third kappa shape index (κ3) is 2.50. The van der Waals surface area contributed by atoms with E-state index in [1.807, 2.05) is 42.8 Å². The second-order valence-electron chi connectivity index (χ2n) is 5.05. The van der Waals surface area contributed by atoms with Crippen molar-refractivity contribution in [1.82, 2.24) is 19.7 Å². The van der Waals surface area contributed by atoms with Gasteiger partial charge in [0.05, 0.1) is 18.5 Å². The minimum absolute atomic E-state index is 0.255. The van der Waals surface area contributed by atoms with E-state index >= 15 is 0 Å². The Morgan fingerprint density at radius 1 is 1.09 bits per heavy atom. The van der Waals surface area contributed by atoms with Crippen LogP contribution in [0, 0.1) is 13.8 Å². The highest BCUT2D eigenvalue weighted by Crippen LogP contribution is 2.30. The molecule has 2 heterocycles. The molecule has 2 N–H and O–H groups in total. The van der Waals surface area contributed by atoms with Gasteiger partial charge in [-0.05, 0) is 32.0 Å². The van der Waals surface area contributed by atoms with E-state index in [9.17, 15) is 0 Å². The summed E-state index contributed by atoms with van der Waals surface area (Å²) in [6.45, 7) is 3.98. The van der Waals surface area contributed by atoms with Gasteiger partial charge in [-0.3, -0.25) is 0 Å². The van der Waals surface area contributed by atoms with E-state index in [0.717, 1.165) is 34.0 Å². The van der Waals surface area contributed by atoms with Crippen LogP contribution in [0.5, 0.6) is 5.75 Å². The van der Waals surface area contributed by atoms with Gasteiger partial charge in [0.15, 0.2) is 0 Å². The molecule has 0 unspecified atom stereocenters. The highest BCUT2D eigenvalue weighted by molar-refractivity contribution is 5.73. The first-order chi connectivity index (χ1) is 10.6. The quantitative estimate of drug-likeness (QED) is 0.803. The zero-order valence-electron chi connectivity index (χ0n) is 12.7. The van der Waals surface area contributed by atoms with Gasteiger partial charge >= 0.3 is 0 Å². The largest absolute Gasteiger partial charge is 0.497 e. The van der Waals surface area contributed by atoms with E-state index in [1.54, 1.807) is 19.5 Å². The van der Waals surface area contributed by atoms with Crippen molar-refractivity contribution in [3.05, 3.63) is 48.0 Å². The minimum atomic E-state index is 0.255. The van der Waals surface area contributed by atoms with Gasteiger partial charge in [0.2, 0.25) is 5.95 Å². The van der Waals surface area contributed by atoms with Crippen molar-refractivity contribution in [2.75, 3.05) is 12.8 Å². The lowest BCUT2D eigenvalue weighted by molar-refractivity contribution is 0.414. The Bertz CT molecular complexity index is 808. The number of benzene rings is 1. The van der Waals surface area contributed by atoms with Gasteiger partial charge in [-0.15, -0.1) is 0 Å². The lowest BCUT2D eigenvalue weighted by Gasteiger charge is -2.13. The third-order valence-electron chi connectivity index (χ3n) is 3.43. The molecule has 6 nitrogen and oxygen atoms in total. The Balaban J connectivity index is 2.22. The average Bonchev–Trinajstić information content (AvgIpc) is 2.86. The SMILES string of the molecule is COc1ccc(-c2cnc(N)nc2)c(-n2nc(C)cc2C)c1. The van der Waals surface area contributed by atoms with Crippen molar-refractivity contribution in [2.45, 2.75) is 13.8 Å². The fourth-order valence-electron chi connectivity index (χ4n) is 2.41. The topological polar surface area (TPSA) is 78.9 Å². The van der Waals surface area contributed by atoms with Gasteiger partial charge < -0.3 is 10.5 Å². The number of anilines is 1. The molecule has 0 radical (unpaired) electrons. The minimum Gasteiger partial charge on any atom is -0.497 e. The van der Waals surface area contributed by atoms with Crippen LogP contribution in [0.2, 0.25) is 0 Å². The molecule has 0 saturated carbocycles. The normalized spacial score (nSPS) is 10.7. The highest BCUT2D eigenvalue weighted by Gasteiger charge is 2.13. The first-order valence-electron chi connectivity index (χ1n) is 6.88. The van der Waals surface area contributed by atoms with Crippen molar-refractivity contribution in [1.29, 1.82) is 0 Å². The molecule has 0 aliphatic rings. The third-order valence-corrected chi connectivity index (χ3v) is 3.43. The smallest absolute Gasteiger partial charge is 0.219 e. The van der Waals surface area contributed by atoms with Crippen LogP contribution < -0.4 is 10.5 Å². The molecule has 1 aromatic carbocycles. The molecule has 0 saturated heterocycles. The molecule has 3 rings (SSSR count). The summed E-state index contributed by atoms with van der Waals surface area (Å²) >= 11 is 0.